The standard InChI is InChI=1S/C16H19ClN4/c1-5-12-15-16(20(4)19-12)21(14(9-17)18-15)13-8-10(2)6-7-11(13)3/h6-8H,5,9H2,1-4H3. The number of aryl methyl sites for hydroxylation is 4. The van der Waals surface area contributed by atoms with Gasteiger partial charge in [0.2, 0.25) is 0 Å². The first-order chi connectivity index (χ1) is 10.1. The van der Waals surface area contributed by atoms with Gasteiger partial charge in [0.15, 0.2) is 5.65 Å². The molecule has 2 heterocycles. The number of hydrogen-bond acceptors (Lipinski definition) is 2. The van der Waals surface area contributed by atoms with E-state index in [0.29, 0.717) is 5.88 Å². The maximum Gasteiger partial charge on any atom is 0.163 e. The molecule has 0 unspecified atom stereocenters. The lowest BCUT2D eigenvalue weighted by Gasteiger charge is -2.12. The van der Waals surface area contributed by atoms with Crippen molar-refractivity contribution >= 4 is 22.8 Å². The highest BCUT2D eigenvalue weighted by atomic mass is 35.5. The predicted molar refractivity (Wildman–Crippen MR) is 86.2 cm³/mol. The first-order valence-electron chi connectivity index (χ1n) is 7.13. The predicted octanol–water partition coefficient (Wildman–Crippen LogP) is 3.68. The van der Waals surface area contributed by atoms with Crippen molar-refractivity contribution in [3.8, 4) is 5.69 Å². The second kappa shape index (κ2) is 5.19. The van der Waals surface area contributed by atoms with E-state index in [1.807, 2.05) is 11.7 Å². The normalized spacial score (nSPS) is 11.5. The van der Waals surface area contributed by atoms with Crippen LogP contribution in [0.1, 0.15) is 29.6 Å². The van der Waals surface area contributed by atoms with E-state index in [0.717, 1.165) is 34.8 Å². The first-order valence-corrected chi connectivity index (χ1v) is 7.67. The molecule has 0 radical (unpaired) electrons. The van der Waals surface area contributed by atoms with Crippen LogP contribution in [-0.2, 0) is 19.3 Å². The summed E-state index contributed by atoms with van der Waals surface area (Å²) in [5.41, 5.74) is 6.52. The van der Waals surface area contributed by atoms with Gasteiger partial charge in [0.1, 0.15) is 11.3 Å². The van der Waals surface area contributed by atoms with Crippen molar-refractivity contribution in [2.75, 3.05) is 0 Å². The molecule has 0 fully saturated rings. The van der Waals surface area contributed by atoms with Crippen molar-refractivity contribution in [3.05, 3.63) is 40.8 Å². The zero-order chi connectivity index (χ0) is 15.1. The van der Waals surface area contributed by atoms with Crippen LogP contribution in [0.25, 0.3) is 16.9 Å². The summed E-state index contributed by atoms with van der Waals surface area (Å²) in [6.45, 7) is 6.30. The molecule has 0 amide bonds. The molecule has 110 valence electrons. The topological polar surface area (TPSA) is 35.6 Å². The quantitative estimate of drug-likeness (QED) is 0.692. The van der Waals surface area contributed by atoms with Gasteiger partial charge in [-0.05, 0) is 37.5 Å². The van der Waals surface area contributed by atoms with Crippen LogP contribution in [0.15, 0.2) is 18.2 Å². The molecule has 4 nitrogen and oxygen atoms in total. The molecule has 0 aliphatic rings. The maximum absolute atomic E-state index is 6.14. The Hall–Kier alpha value is -1.81. The minimum atomic E-state index is 0.380. The molecule has 0 spiro atoms. The second-order valence-corrected chi connectivity index (χ2v) is 5.65. The van der Waals surface area contributed by atoms with Gasteiger partial charge < -0.3 is 0 Å². The summed E-state index contributed by atoms with van der Waals surface area (Å²) >= 11 is 6.14. The molecular formula is C16H19ClN4. The molecule has 1 aromatic carbocycles. The lowest BCUT2D eigenvalue weighted by Crippen LogP contribution is -2.06. The number of aromatic nitrogens is 4. The monoisotopic (exact) mass is 302 g/mol. The number of hydrogen-bond donors (Lipinski definition) is 0. The zero-order valence-corrected chi connectivity index (χ0v) is 13.6. The van der Waals surface area contributed by atoms with Gasteiger partial charge in [-0.25, -0.2) is 9.67 Å². The molecule has 0 aliphatic heterocycles. The molecular weight excluding hydrogens is 284 g/mol. The van der Waals surface area contributed by atoms with Crippen molar-refractivity contribution in [2.24, 2.45) is 7.05 Å². The van der Waals surface area contributed by atoms with E-state index in [2.05, 4.69) is 48.6 Å². The zero-order valence-electron chi connectivity index (χ0n) is 12.8. The lowest BCUT2D eigenvalue weighted by molar-refractivity contribution is 0.744. The molecule has 0 saturated carbocycles. The summed E-state index contributed by atoms with van der Waals surface area (Å²) in [6, 6.07) is 6.42. The Morgan fingerprint density at radius 2 is 2.00 bits per heavy atom. The van der Waals surface area contributed by atoms with Crippen LogP contribution in [-0.4, -0.2) is 19.3 Å². The van der Waals surface area contributed by atoms with Crippen LogP contribution < -0.4 is 0 Å². The fraction of sp³-hybridized carbons (Fsp3) is 0.375. The molecule has 0 aliphatic carbocycles. The Kier molecular flexibility index (Phi) is 3.49. The Bertz CT molecular complexity index is 813. The Balaban J connectivity index is 2.40. The van der Waals surface area contributed by atoms with E-state index in [1.165, 1.54) is 11.1 Å². The van der Waals surface area contributed by atoms with Crippen molar-refractivity contribution in [2.45, 2.75) is 33.1 Å². The molecule has 5 heteroatoms. The van der Waals surface area contributed by atoms with Gasteiger partial charge in [-0.3, -0.25) is 4.57 Å². The fourth-order valence-corrected chi connectivity index (χ4v) is 2.95. The van der Waals surface area contributed by atoms with Crippen molar-refractivity contribution in [3.63, 3.8) is 0 Å². The maximum atomic E-state index is 6.14. The summed E-state index contributed by atoms with van der Waals surface area (Å²) in [7, 11) is 1.96. The molecule has 21 heavy (non-hydrogen) atoms. The highest BCUT2D eigenvalue weighted by molar-refractivity contribution is 6.17. The summed E-state index contributed by atoms with van der Waals surface area (Å²) in [5.74, 6) is 1.24. The van der Waals surface area contributed by atoms with Gasteiger partial charge >= 0.3 is 0 Å². The van der Waals surface area contributed by atoms with Gasteiger partial charge in [0.05, 0.1) is 17.3 Å². The van der Waals surface area contributed by atoms with Crippen molar-refractivity contribution in [1.82, 2.24) is 19.3 Å². The van der Waals surface area contributed by atoms with Gasteiger partial charge in [-0.2, -0.15) is 5.10 Å². The Labute approximate surface area is 129 Å². The summed E-state index contributed by atoms with van der Waals surface area (Å²) in [4.78, 5) is 4.72. The Morgan fingerprint density at radius 1 is 1.24 bits per heavy atom. The molecule has 0 atom stereocenters. The molecule has 0 bridgehead atoms. The number of benzene rings is 1. The summed E-state index contributed by atoms with van der Waals surface area (Å²) in [5, 5.41) is 4.57. The third kappa shape index (κ3) is 2.14. The minimum Gasteiger partial charge on any atom is -0.280 e. The van der Waals surface area contributed by atoms with Crippen LogP contribution in [0.2, 0.25) is 0 Å². The Morgan fingerprint density at radius 3 is 2.67 bits per heavy atom. The number of halogens is 1. The van der Waals surface area contributed by atoms with E-state index in [9.17, 15) is 0 Å². The van der Waals surface area contributed by atoms with Crippen molar-refractivity contribution in [1.29, 1.82) is 0 Å². The molecule has 0 saturated heterocycles. The smallest absolute Gasteiger partial charge is 0.163 e. The van der Waals surface area contributed by atoms with Gasteiger partial charge in [0, 0.05) is 7.05 Å². The molecule has 3 rings (SSSR count). The third-order valence-electron chi connectivity index (χ3n) is 3.83. The van der Waals surface area contributed by atoms with Gasteiger partial charge in [-0.15, -0.1) is 11.6 Å². The van der Waals surface area contributed by atoms with E-state index in [1.54, 1.807) is 0 Å². The average Bonchev–Trinajstić information content (AvgIpc) is 2.99. The third-order valence-corrected chi connectivity index (χ3v) is 4.07. The van der Waals surface area contributed by atoms with Gasteiger partial charge in [0.25, 0.3) is 0 Å². The largest absolute Gasteiger partial charge is 0.280 e. The van der Waals surface area contributed by atoms with Crippen LogP contribution in [0.4, 0.5) is 0 Å². The number of nitrogens with zero attached hydrogens (tertiary/aromatic N) is 4. The number of fused-ring (bicyclic) bond motifs is 1. The van der Waals surface area contributed by atoms with Crippen LogP contribution >= 0.6 is 11.6 Å². The minimum absolute atomic E-state index is 0.380. The van der Waals surface area contributed by atoms with Crippen molar-refractivity contribution < 1.29 is 0 Å². The van der Waals surface area contributed by atoms with E-state index >= 15 is 0 Å². The lowest BCUT2D eigenvalue weighted by atomic mass is 10.1. The highest BCUT2D eigenvalue weighted by Gasteiger charge is 2.20. The van der Waals surface area contributed by atoms with E-state index < -0.39 is 0 Å². The van der Waals surface area contributed by atoms with E-state index in [4.69, 9.17) is 16.6 Å². The van der Waals surface area contributed by atoms with Gasteiger partial charge in [-0.1, -0.05) is 19.1 Å². The molecule has 2 aromatic heterocycles. The highest BCUT2D eigenvalue weighted by Crippen LogP contribution is 2.27. The SMILES string of the molecule is CCc1nn(C)c2c1nc(CCl)n2-c1cc(C)ccc1C. The summed E-state index contributed by atoms with van der Waals surface area (Å²) < 4.78 is 4.04. The number of alkyl halides is 1. The van der Waals surface area contributed by atoms with E-state index in [-0.39, 0.29) is 0 Å². The first kappa shape index (κ1) is 14.1. The molecule has 0 N–H and O–H groups in total. The number of imidazole rings is 1. The van der Waals surface area contributed by atoms with Crippen LogP contribution in [0.3, 0.4) is 0 Å². The van der Waals surface area contributed by atoms with Crippen LogP contribution in [0.5, 0.6) is 0 Å². The molecule has 3 aromatic rings. The van der Waals surface area contributed by atoms with Crippen LogP contribution in [0, 0.1) is 13.8 Å². The summed E-state index contributed by atoms with van der Waals surface area (Å²) in [6.07, 6.45) is 0.864. The average molecular weight is 303 g/mol. The number of rotatable bonds is 3. The fourth-order valence-electron chi connectivity index (χ4n) is 2.77. The second-order valence-electron chi connectivity index (χ2n) is 5.38.